The third-order valence-electron chi connectivity index (χ3n) is 3.60. The first-order chi connectivity index (χ1) is 7.72. The summed E-state index contributed by atoms with van der Waals surface area (Å²) in [5.41, 5.74) is 0. The molecule has 5 nitrogen and oxygen atoms in total. The Hall–Kier alpha value is -1.39. The summed E-state index contributed by atoms with van der Waals surface area (Å²) < 4.78 is 1.71. The molecule has 1 aromatic heterocycles. The molecule has 0 saturated heterocycles. The van der Waals surface area contributed by atoms with Crippen LogP contribution in [0.3, 0.4) is 0 Å². The lowest BCUT2D eigenvalue weighted by Gasteiger charge is -2.33. The molecule has 0 radical (unpaired) electrons. The van der Waals surface area contributed by atoms with Crippen molar-refractivity contribution in [1.82, 2.24) is 14.8 Å². The largest absolute Gasteiger partial charge is 0.481 e. The van der Waals surface area contributed by atoms with Gasteiger partial charge in [-0.2, -0.15) is 5.10 Å². The second kappa shape index (κ2) is 4.63. The molecule has 1 saturated carbocycles. The van der Waals surface area contributed by atoms with Gasteiger partial charge in [0.2, 0.25) is 0 Å². The van der Waals surface area contributed by atoms with E-state index in [4.69, 9.17) is 0 Å². The lowest BCUT2D eigenvalue weighted by Crippen LogP contribution is -2.32. The molecule has 0 aromatic carbocycles. The molecule has 0 amide bonds. The van der Waals surface area contributed by atoms with Gasteiger partial charge in [0, 0.05) is 0 Å². The number of carbonyl (C=O) groups is 1. The lowest BCUT2D eigenvalue weighted by molar-refractivity contribution is -0.145. The van der Waals surface area contributed by atoms with E-state index in [0.717, 1.165) is 25.7 Å². The van der Waals surface area contributed by atoms with E-state index in [0.29, 0.717) is 5.92 Å². The summed E-state index contributed by atoms with van der Waals surface area (Å²) in [6, 6.07) is -0.0290. The highest BCUT2D eigenvalue weighted by Crippen LogP contribution is 2.38. The molecular formula is C11H17N3O2. The van der Waals surface area contributed by atoms with Gasteiger partial charge in [-0.15, -0.1) is 0 Å². The first-order valence-corrected chi connectivity index (χ1v) is 5.79. The minimum Gasteiger partial charge on any atom is -0.481 e. The zero-order chi connectivity index (χ0) is 11.5. The van der Waals surface area contributed by atoms with Gasteiger partial charge in [-0.3, -0.25) is 4.79 Å². The zero-order valence-electron chi connectivity index (χ0n) is 9.41. The molecule has 88 valence electrons. The number of aromatic nitrogens is 3. The number of hydrogen-bond acceptors (Lipinski definition) is 3. The fourth-order valence-electron chi connectivity index (χ4n) is 2.57. The summed E-state index contributed by atoms with van der Waals surface area (Å²) in [5, 5.41) is 13.3. The predicted molar refractivity (Wildman–Crippen MR) is 57.8 cm³/mol. The fraction of sp³-hybridized carbons (Fsp3) is 0.727. The van der Waals surface area contributed by atoms with Crippen LogP contribution in [0.1, 0.15) is 38.6 Å². The van der Waals surface area contributed by atoms with Gasteiger partial charge >= 0.3 is 5.97 Å². The molecular weight excluding hydrogens is 206 g/mol. The molecule has 3 atom stereocenters. The maximum absolute atomic E-state index is 11.2. The van der Waals surface area contributed by atoms with Gasteiger partial charge in [-0.05, 0) is 25.2 Å². The van der Waals surface area contributed by atoms with Crippen LogP contribution in [0.2, 0.25) is 0 Å². The molecule has 1 heterocycles. The van der Waals surface area contributed by atoms with Crippen molar-refractivity contribution >= 4 is 5.97 Å². The molecule has 1 fully saturated rings. The highest BCUT2D eigenvalue weighted by atomic mass is 16.4. The molecule has 3 unspecified atom stereocenters. The standard InChI is InChI=1S/C11H17N3O2/c1-2-8-3-4-9(11(15)16)10(5-8)14-7-12-6-13-14/h6-10H,2-5H2,1H3,(H,15,16). The smallest absolute Gasteiger partial charge is 0.308 e. The van der Waals surface area contributed by atoms with Crippen LogP contribution in [0.25, 0.3) is 0 Å². The molecule has 1 aliphatic carbocycles. The van der Waals surface area contributed by atoms with E-state index in [9.17, 15) is 9.90 Å². The first kappa shape index (κ1) is 11.1. The van der Waals surface area contributed by atoms with Crippen molar-refractivity contribution in [2.24, 2.45) is 11.8 Å². The van der Waals surface area contributed by atoms with Crippen LogP contribution in [0.15, 0.2) is 12.7 Å². The Kier molecular flexibility index (Phi) is 3.22. The minimum absolute atomic E-state index is 0.0290. The lowest BCUT2D eigenvalue weighted by atomic mass is 9.77. The van der Waals surface area contributed by atoms with Crippen molar-refractivity contribution in [3.8, 4) is 0 Å². The Balaban J connectivity index is 2.18. The minimum atomic E-state index is -0.713. The van der Waals surface area contributed by atoms with Crippen molar-refractivity contribution in [1.29, 1.82) is 0 Å². The summed E-state index contributed by atoms with van der Waals surface area (Å²) in [6.45, 7) is 2.16. The second-order valence-corrected chi connectivity index (χ2v) is 4.47. The molecule has 0 aliphatic heterocycles. The monoisotopic (exact) mass is 223 g/mol. The highest BCUT2D eigenvalue weighted by molar-refractivity contribution is 5.70. The van der Waals surface area contributed by atoms with Crippen LogP contribution >= 0.6 is 0 Å². The van der Waals surface area contributed by atoms with E-state index in [1.54, 1.807) is 11.0 Å². The number of nitrogens with zero attached hydrogens (tertiary/aromatic N) is 3. The van der Waals surface area contributed by atoms with E-state index in [2.05, 4.69) is 17.0 Å². The summed E-state index contributed by atoms with van der Waals surface area (Å²) >= 11 is 0. The van der Waals surface area contributed by atoms with Gasteiger partial charge < -0.3 is 5.11 Å². The molecule has 5 heteroatoms. The van der Waals surface area contributed by atoms with Crippen molar-refractivity contribution in [2.45, 2.75) is 38.6 Å². The third-order valence-corrected chi connectivity index (χ3v) is 3.60. The Morgan fingerprint density at radius 2 is 2.38 bits per heavy atom. The fourth-order valence-corrected chi connectivity index (χ4v) is 2.57. The Morgan fingerprint density at radius 1 is 1.56 bits per heavy atom. The van der Waals surface area contributed by atoms with Crippen LogP contribution in [0, 0.1) is 11.8 Å². The number of carboxylic acids is 1. The van der Waals surface area contributed by atoms with Gasteiger partial charge in [-0.1, -0.05) is 13.3 Å². The van der Waals surface area contributed by atoms with E-state index >= 15 is 0 Å². The van der Waals surface area contributed by atoms with Gasteiger partial charge in [0.05, 0.1) is 12.0 Å². The third kappa shape index (κ3) is 2.08. The van der Waals surface area contributed by atoms with Crippen LogP contribution < -0.4 is 0 Å². The molecule has 0 bridgehead atoms. The molecule has 0 spiro atoms. The number of aliphatic carboxylic acids is 1. The summed E-state index contributed by atoms with van der Waals surface area (Å²) in [5.74, 6) is -0.413. The topological polar surface area (TPSA) is 68.0 Å². The highest BCUT2D eigenvalue weighted by Gasteiger charge is 2.35. The quantitative estimate of drug-likeness (QED) is 0.847. The van der Waals surface area contributed by atoms with Crippen LogP contribution in [0.5, 0.6) is 0 Å². The van der Waals surface area contributed by atoms with E-state index in [1.807, 2.05) is 0 Å². The van der Waals surface area contributed by atoms with E-state index in [1.165, 1.54) is 6.33 Å². The Morgan fingerprint density at radius 3 is 2.94 bits per heavy atom. The van der Waals surface area contributed by atoms with Crippen LogP contribution in [-0.2, 0) is 4.79 Å². The first-order valence-electron chi connectivity index (χ1n) is 5.79. The molecule has 1 aromatic rings. The van der Waals surface area contributed by atoms with Crippen molar-refractivity contribution in [3.05, 3.63) is 12.7 Å². The van der Waals surface area contributed by atoms with Crippen LogP contribution in [-0.4, -0.2) is 25.8 Å². The molecule has 1 aliphatic rings. The molecule has 2 rings (SSSR count). The molecule has 1 N–H and O–H groups in total. The molecule has 16 heavy (non-hydrogen) atoms. The number of hydrogen-bond donors (Lipinski definition) is 1. The second-order valence-electron chi connectivity index (χ2n) is 4.47. The Bertz CT molecular complexity index is 350. The van der Waals surface area contributed by atoms with Gasteiger partial charge in [-0.25, -0.2) is 9.67 Å². The van der Waals surface area contributed by atoms with Crippen molar-refractivity contribution in [2.75, 3.05) is 0 Å². The van der Waals surface area contributed by atoms with Crippen molar-refractivity contribution in [3.63, 3.8) is 0 Å². The maximum Gasteiger partial charge on any atom is 0.308 e. The summed E-state index contributed by atoms with van der Waals surface area (Å²) in [6.07, 6.45) is 6.86. The normalized spacial score (nSPS) is 30.2. The predicted octanol–water partition coefficient (Wildman–Crippen LogP) is 1.73. The Labute approximate surface area is 94.5 Å². The SMILES string of the molecule is CCC1CCC(C(=O)O)C(n2cncn2)C1. The summed E-state index contributed by atoms with van der Waals surface area (Å²) in [7, 11) is 0. The van der Waals surface area contributed by atoms with Gasteiger partial charge in [0.25, 0.3) is 0 Å². The van der Waals surface area contributed by atoms with Gasteiger partial charge in [0.15, 0.2) is 0 Å². The zero-order valence-corrected chi connectivity index (χ0v) is 9.41. The average molecular weight is 223 g/mol. The average Bonchev–Trinajstić information content (AvgIpc) is 2.81. The van der Waals surface area contributed by atoms with Gasteiger partial charge in [0.1, 0.15) is 12.7 Å². The maximum atomic E-state index is 11.2. The number of rotatable bonds is 3. The van der Waals surface area contributed by atoms with E-state index < -0.39 is 5.97 Å². The van der Waals surface area contributed by atoms with Crippen molar-refractivity contribution < 1.29 is 9.90 Å². The summed E-state index contributed by atoms with van der Waals surface area (Å²) in [4.78, 5) is 15.1. The van der Waals surface area contributed by atoms with E-state index in [-0.39, 0.29) is 12.0 Å². The number of carboxylic acid groups (broad SMARTS) is 1. The van der Waals surface area contributed by atoms with Crippen LogP contribution in [0.4, 0.5) is 0 Å².